The number of anilines is 1. The second kappa shape index (κ2) is 8.67. The molecule has 4 nitrogen and oxygen atoms in total. The Labute approximate surface area is 168 Å². The van der Waals surface area contributed by atoms with E-state index < -0.39 is 0 Å². The summed E-state index contributed by atoms with van der Waals surface area (Å²) in [4.78, 5) is 26.5. The van der Waals surface area contributed by atoms with E-state index in [4.69, 9.17) is 0 Å². The van der Waals surface area contributed by atoms with Crippen molar-refractivity contribution >= 4 is 34.9 Å². The molecule has 0 atom stereocenters. The Hall–Kier alpha value is -3.18. The molecular formula is C23H22N2O2S. The van der Waals surface area contributed by atoms with Crippen molar-refractivity contribution in [2.45, 2.75) is 20.8 Å². The molecule has 0 aliphatic carbocycles. The second-order valence-electron chi connectivity index (χ2n) is 6.65. The number of rotatable bonds is 5. The maximum Gasteiger partial charge on any atom is 0.272 e. The molecule has 0 saturated heterocycles. The smallest absolute Gasteiger partial charge is 0.272 e. The van der Waals surface area contributed by atoms with E-state index in [1.54, 1.807) is 12.1 Å². The van der Waals surface area contributed by atoms with E-state index in [1.807, 2.05) is 74.7 Å². The van der Waals surface area contributed by atoms with Gasteiger partial charge in [0, 0.05) is 16.1 Å². The van der Waals surface area contributed by atoms with Crippen molar-refractivity contribution in [2.24, 2.45) is 0 Å². The van der Waals surface area contributed by atoms with Crippen LogP contribution in [0.2, 0.25) is 0 Å². The predicted octanol–water partition coefficient (Wildman–Crippen LogP) is 5.08. The number of thiophene rings is 1. The van der Waals surface area contributed by atoms with Crippen LogP contribution in [0.5, 0.6) is 0 Å². The maximum absolute atomic E-state index is 12.8. The molecule has 1 aromatic heterocycles. The molecule has 2 amide bonds. The van der Waals surface area contributed by atoms with Crippen molar-refractivity contribution in [1.29, 1.82) is 0 Å². The van der Waals surface area contributed by atoms with Crippen molar-refractivity contribution in [1.82, 2.24) is 5.32 Å². The first-order chi connectivity index (χ1) is 13.4. The zero-order valence-electron chi connectivity index (χ0n) is 16.1. The van der Waals surface area contributed by atoms with E-state index in [0.29, 0.717) is 11.3 Å². The van der Waals surface area contributed by atoms with Gasteiger partial charge in [0.05, 0.1) is 0 Å². The molecule has 2 N–H and O–H groups in total. The molecule has 5 heteroatoms. The minimum atomic E-state index is -0.365. The molecule has 2 aromatic carbocycles. The summed E-state index contributed by atoms with van der Waals surface area (Å²) >= 11 is 1.50. The molecule has 0 unspecified atom stereocenters. The summed E-state index contributed by atoms with van der Waals surface area (Å²) in [5.41, 5.74) is 4.59. The maximum atomic E-state index is 12.8. The number of aryl methyl sites for hydroxylation is 3. The molecule has 0 aliphatic heterocycles. The van der Waals surface area contributed by atoms with E-state index >= 15 is 0 Å². The van der Waals surface area contributed by atoms with Crippen LogP contribution in [0.4, 0.5) is 5.69 Å². The molecule has 3 rings (SSSR count). The Morgan fingerprint density at radius 1 is 0.929 bits per heavy atom. The van der Waals surface area contributed by atoms with E-state index in [2.05, 4.69) is 10.6 Å². The van der Waals surface area contributed by atoms with E-state index in [-0.39, 0.29) is 17.5 Å². The zero-order valence-corrected chi connectivity index (χ0v) is 16.9. The third-order valence-corrected chi connectivity index (χ3v) is 5.19. The summed E-state index contributed by atoms with van der Waals surface area (Å²) in [7, 11) is 0. The number of nitrogens with one attached hydrogen (secondary N) is 2. The van der Waals surface area contributed by atoms with E-state index in [1.165, 1.54) is 11.3 Å². The van der Waals surface area contributed by atoms with Crippen LogP contribution < -0.4 is 10.6 Å². The first-order valence-corrected chi connectivity index (χ1v) is 9.82. The highest BCUT2D eigenvalue weighted by Gasteiger charge is 2.16. The third-order valence-electron chi connectivity index (χ3n) is 4.37. The van der Waals surface area contributed by atoms with E-state index in [9.17, 15) is 9.59 Å². The summed E-state index contributed by atoms with van der Waals surface area (Å²) in [5, 5.41) is 7.55. The Morgan fingerprint density at radius 3 is 2.43 bits per heavy atom. The van der Waals surface area contributed by atoms with Gasteiger partial charge < -0.3 is 10.6 Å². The van der Waals surface area contributed by atoms with Crippen LogP contribution in [0.3, 0.4) is 0 Å². The number of benzene rings is 2. The van der Waals surface area contributed by atoms with Crippen LogP contribution in [0.15, 0.2) is 65.7 Å². The minimum absolute atomic E-state index is 0.201. The third kappa shape index (κ3) is 4.96. The number of carbonyl (C=O) groups excluding carboxylic acids is 2. The normalized spacial score (nSPS) is 11.2. The second-order valence-corrected chi connectivity index (χ2v) is 7.63. The van der Waals surface area contributed by atoms with E-state index in [0.717, 1.165) is 21.6 Å². The number of amides is 2. The number of hydrogen-bond acceptors (Lipinski definition) is 3. The van der Waals surface area contributed by atoms with Gasteiger partial charge in [-0.1, -0.05) is 24.3 Å². The van der Waals surface area contributed by atoms with Crippen molar-refractivity contribution in [3.05, 3.63) is 92.8 Å². The van der Waals surface area contributed by atoms with Crippen molar-refractivity contribution in [3.63, 3.8) is 0 Å². The van der Waals surface area contributed by atoms with Crippen molar-refractivity contribution < 1.29 is 9.59 Å². The lowest BCUT2D eigenvalue weighted by molar-refractivity contribution is -0.113. The van der Waals surface area contributed by atoms with Crippen LogP contribution in [0.25, 0.3) is 6.08 Å². The minimum Gasteiger partial charge on any atom is -0.321 e. The molecule has 3 aromatic rings. The molecule has 0 aliphatic rings. The van der Waals surface area contributed by atoms with Gasteiger partial charge in [-0.25, -0.2) is 0 Å². The summed E-state index contributed by atoms with van der Waals surface area (Å²) in [6.07, 6.45) is 1.69. The molecule has 142 valence electrons. The predicted molar refractivity (Wildman–Crippen MR) is 115 cm³/mol. The zero-order chi connectivity index (χ0) is 20.1. The fraction of sp³-hybridized carbons (Fsp3) is 0.130. The fourth-order valence-corrected chi connectivity index (χ4v) is 3.33. The highest BCUT2D eigenvalue weighted by atomic mass is 32.1. The van der Waals surface area contributed by atoms with Gasteiger partial charge in [0.1, 0.15) is 5.70 Å². The Kier molecular flexibility index (Phi) is 6.06. The van der Waals surface area contributed by atoms with Crippen LogP contribution >= 0.6 is 11.3 Å². The summed E-state index contributed by atoms with van der Waals surface area (Å²) in [5.74, 6) is -0.679. The topological polar surface area (TPSA) is 58.2 Å². The molecule has 1 heterocycles. The Balaban J connectivity index is 1.85. The Bertz CT molecular complexity index is 1040. The van der Waals surface area contributed by atoms with Gasteiger partial charge in [0.25, 0.3) is 11.8 Å². The van der Waals surface area contributed by atoms with Crippen LogP contribution in [0.1, 0.15) is 31.9 Å². The fourth-order valence-electron chi connectivity index (χ4n) is 2.67. The van der Waals surface area contributed by atoms with Crippen molar-refractivity contribution in [2.75, 3.05) is 5.32 Å². The molecule has 0 bridgehead atoms. The first kappa shape index (κ1) is 19.6. The van der Waals surface area contributed by atoms with Gasteiger partial charge in [-0.05, 0) is 79.2 Å². The average Bonchev–Trinajstić information content (AvgIpc) is 3.16. The van der Waals surface area contributed by atoms with Gasteiger partial charge in [-0.3, -0.25) is 9.59 Å². The monoisotopic (exact) mass is 390 g/mol. The highest BCUT2D eigenvalue weighted by molar-refractivity contribution is 7.10. The summed E-state index contributed by atoms with van der Waals surface area (Å²) < 4.78 is 0. The SMILES string of the molecule is Cc1cccc(NC(=O)/C(=C\c2cccs2)NC(=O)c2ccc(C)c(C)c2)c1. The van der Waals surface area contributed by atoms with Crippen LogP contribution in [0, 0.1) is 20.8 Å². The molecule has 0 saturated carbocycles. The van der Waals surface area contributed by atoms with Gasteiger partial charge in [0.2, 0.25) is 0 Å². The Morgan fingerprint density at radius 2 is 1.75 bits per heavy atom. The van der Waals surface area contributed by atoms with Gasteiger partial charge in [-0.15, -0.1) is 11.3 Å². The standard InChI is InChI=1S/C23H22N2O2S/c1-15-6-4-7-19(12-15)24-23(27)21(14-20-8-5-11-28-20)25-22(26)18-10-9-16(2)17(3)13-18/h4-14H,1-3H3,(H,24,27)(H,25,26)/b21-14+. The number of hydrogen-bond donors (Lipinski definition) is 2. The lowest BCUT2D eigenvalue weighted by Gasteiger charge is -2.12. The molecule has 0 radical (unpaired) electrons. The van der Waals surface area contributed by atoms with Crippen LogP contribution in [-0.2, 0) is 4.79 Å². The summed E-state index contributed by atoms with van der Waals surface area (Å²) in [6, 6.07) is 16.8. The van der Waals surface area contributed by atoms with Gasteiger partial charge in [-0.2, -0.15) is 0 Å². The highest BCUT2D eigenvalue weighted by Crippen LogP contribution is 2.16. The molecular weight excluding hydrogens is 368 g/mol. The lowest BCUT2D eigenvalue weighted by atomic mass is 10.1. The molecule has 0 fully saturated rings. The average molecular weight is 391 g/mol. The molecule has 0 spiro atoms. The summed E-state index contributed by atoms with van der Waals surface area (Å²) in [6.45, 7) is 5.91. The quantitative estimate of drug-likeness (QED) is 0.597. The first-order valence-electron chi connectivity index (χ1n) is 8.94. The lowest BCUT2D eigenvalue weighted by Crippen LogP contribution is -2.30. The molecule has 28 heavy (non-hydrogen) atoms. The van der Waals surface area contributed by atoms with Gasteiger partial charge >= 0.3 is 0 Å². The van der Waals surface area contributed by atoms with Crippen molar-refractivity contribution in [3.8, 4) is 0 Å². The number of carbonyl (C=O) groups is 2. The van der Waals surface area contributed by atoms with Crippen LogP contribution in [-0.4, -0.2) is 11.8 Å². The van der Waals surface area contributed by atoms with Gasteiger partial charge in [0.15, 0.2) is 0 Å². The largest absolute Gasteiger partial charge is 0.321 e.